The number of nitrogens with one attached hydrogen (secondary N) is 1. The van der Waals surface area contributed by atoms with E-state index in [1.165, 1.54) is 24.3 Å². The molecule has 0 radical (unpaired) electrons. The Bertz CT molecular complexity index is 409. The minimum absolute atomic E-state index is 0.608. The highest BCUT2D eigenvalue weighted by atomic mass is 32.1. The molecular formula is C14H24N4S. The minimum Gasteiger partial charge on any atom is -0.370 e. The lowest BCUT2D eigenvalue weighted by atomic mass is 9.86. The topological polar surface area (TPSA) is 63.3 Å². The van der Waals surface area contributed by atoms with E-state index in [1.807, 2.05) is 6.92 Å². The van der Waals surface area contributed by atoms with Crippen LogP contribution < -0.4 is 11.1 Å². The Hall–Kier alpha value is -1.10. The average molecular weight is 280 g/mol. The second-order valence-corrected chi connectivity index (χ2v) is 6.23. The second-order valence-electron chi connectivity index (χ2n) is 5.29. The summed E-state index contributed by atoms with van der Waals surface area (Å²) in [5.41, 5.74) is 6.96. The number of nitrogens with two attached hydrogens (primary N) is 1. The van der Waals surface area contributed by atoms with Gasteiger partial charge < -0.3 is 11.1 Å². The van der Waals surface area contributed by atoms with Gasteiger partial charge in [-0.1, -0.05) is 6.42 Å². The molecule has 1 fully saturated rings. The van der Waals surface area contributed by atoms with E-state index in [0.29, 0.717) is 5.96 Å². The molecule has 0 saturated heterocycles. The smallest absolute Gasteiger partial charge is 0.188 e. The molecule has 0 bridgehead atoms. The summed E-state index contributed by atoms with van der Waals surface area (Å²) in [7, 11) is 0. The molecule has 0 aromatic carbocycles. The van der Waals surface area contributed by atoms with Crippen LogP contribution in [-0.4, -0.2) is 24.0 Å². The van der Waals surface area contributed by atoms with Gasteiger partial charge >= 0.3 is 0 Å². The first-order valence-corrected chi connectivity index (χ1v) is 8.07. The Labute approximate surface area is 119 Å². The maximum absolute atomic E-state index is 5.83. The highest BCUT2D eigenvalue weighted by Gasteiger charge is 2.16. The third kappa shape index (κ3) is 5.19. The van der Waals surface area contributed by atoms with Gasteiger partial charge in [-0.15, -0.1) is 11.3 Å². The van der Waals surface area contributed by atoms with E-state index in [4.69, 9.17) is 5.73 Å². The molecule has 0 amide bonds. The van der Waals surface area contributed by atoms with E-state index in [2.05, 4.69) is 20.7 Å². The molecule has 1 aromatic rings. The summed E-state index contributed by atoms with van der Waals surface area (Å²) in [6.07, 6.45) is 7.34. The predicted octanol–water partition coefficient (Wildman–Crippen LogP) is 2.48. The number of hydrogen-bond donors (Lipinski definition) is 2. The van der Waals surface area contributed by atoms with E-state index in [9.17, 15) is 0 Å². The second kappa shape index (κ2) is 7.48. The summed E-state index contributed by atoms with van der Waals surface area (Å²) in [4.78, 5) is 8.84. The fraction of sp³-hybridized carbons (Fsp3) is 0.714. The molecule has 0 spiro atoms. The number of thiazole rings is 1. The number of nitrogens with zero attached hydrogens (tertiary/aromatic N) is 2. The first-order valence-electron chi connectivity index (χ1n) is 7.19. The monoisotopic (exact) mass is 280 g/mol. The van der Waals surface area contributed by atoms with Crippen LogP contribution in [0.4, 0.5) is 0 Å². The Balaban J connectivity index is 1.51. The third-order valence-corrected chi connectivity index (χ3v) is 4.56. The minimum atomic E-state index is 0.608. The van der Waals surface area contributed by atoms with Crippen LogP contribution in [-0.2, 0) is 6.42 Å². The van der Waals surface area contributed by atoms with Crippen LogP contribution in [0.25, 0.3) is 0 Å². The van der Waals surface area contributed by atoms with Crippen molar-refractivity contribution in [2.24, 2.45) is 16.6 Å². The largest absolute Gasteiger partial charge is 0.370 e. The summed E-state index contributed by atoms with van der Waals surface area (Å²) in [6.45, 7) is 3.85. The van der Waals surface area contributed by atoms with Gasteiger partial charge in [0.25, 0.3) is 0 Å². The molecule has 0 atom stereocenters. The Morgan fingerprint density at radius 3 is 3.00 bits per heavy atom. The van der Waals surface area contributed by atoms with Gasteiger partial charge in [-0.2, -0.15) is 0 Å². The summed E-state index contributed by atoms with van der Waals surface area (Å²) < 4.78 is 0. The highest BCUT2D eigenvalue weighted by Crippen LogP contribution is 2.26. The third-order valence-electron chi connectivity index (χ3n) is 3.53. The van der Waals surface area contributed by atoms with Crippen molar-refractivity contribution in [2.45, 2.75) is 45.4 Å². The van der Waals surface area contributed by atoms with Gasteiger partial charge in [0.1, 0.15) is 0 Å². The molecule has 1 heterocycles. The van der Waals surface area contributed by atoms with Crippen molar-refractivity contribution in [1.82, 2.24) is 10.3 Å². The predicted molar refractivity (Wildman–Crippen MR) is 81.6 cm³/mol. The van der Waals surface area contributed by atoms with Gasteiger partial charge in [-0.25, -0.2) is 4.98 Å². The van der Waals surface area contributed by atoms with Crippen LogP contribution in [0.5, 0.6) is 0 Å². The average Bonchev–Trinajstić information content (AvgIpc) is 2.72. The lowest BCUT2D eigenvalue weighted by Crippen LogP contribution is -2.33. The van der Waals surface area contributed by atoms with E-state index >= 15 is 0 Å². The zero-order valence-electron chi connectivity index (χ0n) is 11.7. The fourth-order valence-electron chi connectivity index (χ4n) is 2.09. The van der Waals surface area contributed by atoms with E-state index in [0.717, 1.165) is 44.0 Å². The van der Waals surface area contributed by atoms with Crippen LogP contribution in [0.15, 0.2) is 10.4 Å². The van der Waals surface area contributed by atoms with Crippen molar-refractivity contribution in [2.75, 3.05) is 13.1 Å². The normalized spacial score (nSPS) is 16.4. The number of aromatic nitrogens is 1. The fourth-order valence-corrected chi connectivity index (χ4v) is 2.91. The van der Waals surface area contributed by atoms with Crippen molar-refractivity contribution in [1.29, 1.82) is 0 Å². The molecule has 1 saturated carbocycles. The van der Waals surface area contributed by atoms with Crippen LogP contribution >= 0.6 is 11.3 Å². The number of guanidine groups is 1. The molecule has 1 aromatic heterocycles. The van der Waals surface area contributed by atoms with Crippen LogP contribution in [0.3, 0.4) is 0 Å². The summed E-state index contributed by atoms with van der Waals surface area (Å²) in [6, 6.07) is 0. The Morgan fingerprint density at radius 1 is 1.53 bits per heavy atom. The van der Waals surface area contributed by atoms with Crippen LogP contribution in [0, 0.1) is 12.8 Å². The SMILES string of the molecule is Cc1csc(CCCCNC(N)=NCC2CCC2)n1. The Kier molecular flexibility index (Phi) is 5.63. The maximum atomic E-state index is 5.83. The molecule has 19 heavy (non-hydrogen) atoms. The molecule has 2 rings (SSSR count). The summed E-state index contributed by atoms with van der Waals surface area (Å²) >= 11 is 1.75. The molecule has 4 nitrogen and oxygen atoms in total. The quantitative estimate of drug-likeness (QED) is 0.458. The highest BCUT2D eigenvalue weighted by molar-refractivity contribution is 7.09. The molecule has 5 heteroatoms. The van der Waals surface area contributed by atoms with Crippen LogP contribution in [0.1, 0.15) is 42.8 Å². The van der Waals surface area contributed by atoms with Crippen molar-refractivity contribution in [3.05, 3.63) is 16.1 Å². The molecule has 106 valence electrons. The Morgan fingerprint density at radius 2 is 2.37 bits per heavy atom. The zero-order valence-corrected chi connectivity index (χ0v) is 12.5. The zero-order chi connectivity index (χ0) is 13.5. The van der Waals surface area contributed by atoms with Gasteiger partial charge in [0.2, 0.25) is 0 Å². The first-order chi connectivity index (χ1) is 9.24. The van der Waals surface area contributed by atoms with Gasteiger partial charge in [0.05, 0.1) is 5.01 Å². The van der Waals surface area contributed by atoms with Gasteiger partial charge in [-0.3, -0.25) is 4.99 Å². The van der Waals surface area contributed by atoms with Crippen molar-refractivity contribution < 1.29 is 0 Å². The summed E-state index contributed by atoms with van der Waals surface area (Å²) in [5.74, 6) is 1.39. The number of unbranched alkanes of at least 4 members (excludes halogenated alkanes) is 1. The van der Waals surface area contributed by atoms with Crippen LogP contribution in [0.2, 0.25) is 0 Å². The standard InChI is InChI=1S/C14H24N4S/c1-11-10-19-13(18-11)7-2-3-8-16-14(15)17-9-12-5-4-6-12/h10,12H,2-9H2,1H3,(H3,15,16,17). The van der Waals surface area contributed by atoms with E-state index in [1.54, 1.807) is 11.3 Å². The number of hydrogen-bond acceptors (Lipinski definition) is 3. The lowest BCUT2D eigenvalue weighted by molar-refractivity contribution is 0.326. The van der Waals surface area contributed by atoms with E-state index < -0.39 is 0 Å². The van der Waals surface area contributed by atoms with Gasteiger partial charge in [-0.05, 0) is 44.9 Å². The lowest BCUT2D eigenvalue weighted by Gasteiger charge is -2.23. The number of rotatable bonds is 7. The van der Waals surface area contributed by atoms with Gasteiger partial charge in [0, 0.05) is 24.2 Å². The molecule has 0 aliphatic heterocycles. The molecule has 1 aliphatic carbocycles. The molecule has 1 aliphatic rings. The molecule has 3 N–H and O–H groups in total. The first kappa shape index (κ1) is 14.3. The molecular weight excluding hydrogens is 256 g/mol. The van der Waals surface area contributed by atoms with Crippen molar-refractivity contribution >= 4 is 17.3 Å². The maximum Gasteiger partial charge on any atom is 0.188 e. The van der Waals surface area contributed by atoms with Crippen molar-refractivity contribution in [3.8, 4) is 0 Å². The molecule has 0 unspecified atom stereocenters. The van der Waals surface area contributed by atoms with Gasteiger partial charge in [0.15, 0.2) is 5.96 Å². The van der Waals surface area contributed by atoms with Crippen molar-refractivity contribution in [3.63, 3.8) is 0 Å². The summed E-state index contributed by atoms with van der Waals surface area (Å²) in [5, 5.41) is 6.54. The number of aryl methyl sites for hydroxylation is 2. The number of aliphatic imine (C=N–C) groups is 1. The van der Waals surface area contributed by atoms with E-state index in [-0.39, 0.29) is 0 Å².